The fourth-order valence-corrected chi connectivity index (χ4v) is 4.55. The van der Waals surface area contributed by atoms with E-state index in [1.165, 1.54) is 0 Å². The second-order valence-corrected chi connectivity index (χ2v) is 10.3. The van der Waals surface area contributed by atoms with Crippen LogP contribution in [-0.4, -0.2) is 42.0 Å². The van der Waals surface area contributed by atoms with Crippen molar-refractivity contribution in [1.82, 2.24) is 10.2 Å². The van der Waals surface area contributed by atoms with Gasteiger partial charge in [0.25, 0.3) is 0 Å². The van der Waals surface area contributed by atoms with Gasteiger partial charge in [-0.25, -0.2) is 0 Å². The molecule has 0 aliphatic heterocycles. The third-order valence-electron chi connectivity index (χ3n) is 6.77. The van der Waals surface area contributed by atoms with Crippen LogP contribution in [0.1, 0.15) is 57.2 Å². The molecule has 0 bridgehead atoms. The lowest BCUT2D eigenvalue weighted by molar-refractivity contribution is -0.141. The largest absolute Gasteiger partial charge is 0.490 e. The van der Waals surface area contributed by atoms with Crippen molar-refractivity contribution in [2.24, 2.45) is 0 Å². The summed E-state index contributed by atoms with van der Waals surface area (Å²) in [6.45, 7) is 9.22. The monoisotopic (exact) mass is 564 g/mol. The predicted octanol–water partition coefficient (Wildman–Crippen LogP) is 6.62. The normalized spacial score (nSPS) is 12.3. The van der Waals surface area contributed by atoms with Gasteiger partial charge in [-0.15, -0.1) is 0 Å². The predicted molar refractivity (Wildman–Crippen MR) is 161 cm³/mol. The van der Waals surface area contributed by atoms with E-state index < -0.39 is 6.04 Å². The highest BCUT2D eigenvalue weighted by Gasteiger charge is 2.30. The Bertz CT molecular complexity index is 1220. The Labute approximate surface area is 243 Å². The average molecular weight is 565 g/mol. The quantitative estimate of drug-likeness (QED) is 0.225. The Kier molecular flexibility index (Phi) is 12.4. The first-order valence-corrected chi connectivity index (χ1v) is 14.5. The zero-order chi connectivity index (χ0) is 28.9. The van der Waals surface area contributed by atoms with Crippen LogP contribution in [-0.2, 0) is 29.0 Å². The summed E-state index contributed by atoms with van der Waals surface area (Å²) in [5.41, 5.74) is 2.87. The van der Waals surface area contributed by atoms with Crippen molar-refractivity contribution in [3.05, 3.63) is 94.5 Å². The SMILES string of the molecule is CCOc1ccc(CCC(=O)N(Cc2ccc(Cl)cc2)[C@@H](Cc2ccccc2)C(=O)N[C@H](C)CC)cc1OCC. The molecule has 0 heterocycles. The highest BCUT2D eigenvalue weighted by atomic mass is 35.5. The molecule has 3 rings (SSSR count). The molecule has 0 fully saturated rings. The Morgan fingerprint density at radius 1 is 0.850 bits per heavy atom. The van der Waals surface area contributed by atoms with Crippen LogP contribution in [0.4, 0.5) is 0 Å². The molecule has 3 aromatic rings. The maximum Gasteiger partial charge on any atom is 0.243 e. The van der Waals surface area contributed by atoms with Crippen molar-refractivity contribution >= 4 is 23.4 Å². The van der Waals surface area contributed by atoms with E-state index in [1.807, 2.05) is 88.4 Å². The second kappa shape index (κ2) is 15.9. The van der Waals surface area contributed by atoms with Gasteiger partial charge in [-0.3, -0.25) is 9.59 Å². The number of halogens is 1. The molecule has 0 aromatic heterocycles. The van der Waals surface area contributed by atoms with Gasteiger partial charge in [0.2, 0.25) is 11.8 Å². The number of hydrogen-bond donors (Lipinski definition) is 1. The molecule has 214 valence electrons. The first-order valence-electron chi connectivity index (χ1n) is 14.1. The molecule has 0 unspecified atom stereocenters. The van der Waals surface area contributed by atoms with Crippen LogP contribution >= 0.6 is 11.6 Å². The van der Waals surface area contributed by atoms with E-state index in [4.69, 9.17) is 21.1 Å². The zero-order valence-electron chi connectivity index (χ0n) is 24.0. The number of benzene rings is 3. The van der Waals surface area contributed by atoms with E-state index in [2.05, 4.69) is 5.32 Å². The number of carbonyl (C=O) groups is 2. The molecule has 0 aliphatic rings. The van der Waals surface area contributed by atoms with Gasteiger partial charge in [-0.1, -0.05) is 67.1 Å². The number of nitrogens with one attached hydrogen (secondary N) is 1. The van der Waals surface area contributed by atoms with E-state index in [1.54, 1.807) is 17.0 Å². The first kappa shape index (κ1) is 31.0. The molecule has 6 nitrogen and oxygen atoms in total. The van der Waals surface area contributed by atoms with E-state index in [9.17, 15) is 9.59 Å². The van der Waals surface area contributed by atoms with Gasteiger partial charge < -0.3 is 19.7 Å². The minimum absolute atomic E-state index is 0.000835. The van der Waals surface area contributed by atoms with E-state index in [0.717, 1.165) is 23.1 Å². The molecule has 3 aromatic carbocycles. The number of amides is 2. The van der Waals surface area contributed by atoms with Crippen LogP contribution < -0.4 is 14.8 Å². The van der Waals surface area contributed by atoms with Crippen molar-refractivity contribution in [2.75, 3.05) is 13.2 Å². The Hall–Kier alpha value is -3.51. The summed E-state index contributed by atoms with van der Waals surface area (Å²) in [6, 6.07) is 22.3. The molecule has 2 amide bonds. The Morgan fingerprint density at radius 2 is 1.50 bits per heavy atom. The zero-order valence-corrected chi connectivity index (χ0v) is 24.7. The number of hydrogen-bond acceptors (Lipinski definition) is 4. The number of carbonyl (C=O) groups excluding carboxylic acids is 2. The minimum Gasteiger partial charge on any atom is -0.490 e. The molecule has 0 spiro atoms. The Balaban J connectivity index is 1.90. The lowest BCUT2D eigenvalue weighted by atomic mass is 10.0. The highest BCUT2D eigenvalue weighted by Crippen LogP contribution is 2.29. The van der Waals surface area contributed by atoms with Gasteiger partial charge >= 0.3 is 0 Å². The molecule has 7 heteroatoms. The Morgan fingerprint density at radius 3 is 2.15 bits per heavy atom. The number of rotatable bonds is 15. The molecule has 0 aliphatic carbocycles. The smallest absolute Gasteiger partial charge is 0.243 e. The molecular formula is C33H41ClN2O4. The second-order valence-electron chi connectivity index (χ2n) is 9.82. The molecule has 0 saturated carbocycles. The van der Waals surface area contributed by atoms with Crippen molar-refractivity contribution in [3.63, 3.8) is 0 Å². The summed E-state index contributed by atoms with van der Waals surface area (Å²) < 4.78 is 11.5. The lowest BCUT2D eigenvalue weighted by Crippen LogP contribution is -2.52. The van der Waals surface area contributed by atoms with Crippen LogP contribution in [0.2, 0.25) is 5.02 Å². The summed E-state index contributed by atoms with van der Waals surface area (Å²) >= 11 is 6.12. The van der Waals surface area contributed by atoms with Crippen molar-refractivity contribution in [3.8, 4) is 11.5 Å². The first-order chi connectivity index (χ1) is 19.3. The number of ether oxygens (including phenoxy) is 2. The third kappa shape index (κ3) is 9.30. The van der Waals surface area contributed by atoms with E-state index >= 15 is 0 Å². The molecule has 0 radical (unpaired) electrons. The van der Waals surface area contributed by atoms with E-state index in [-0.39, 0.29) is 24.3 Å². The highest BCUT2D eigenvalue weighted by molar-refractivity contribution is 6.30. The van der Waals surface area contributed by atoms with Gasteiger partial charge in [0.15, 0.2) is 11.5 Å². The fraction of sp³-hybridized carbons (Fsp3) is 0.394. The summed E-state index contributed by atoms with van der Waals surface area (Å²) in [4.78, 5) is 29.3. The summed E-state index contributed by atoms with van der Waals surface area (Å²) in [6.07, 6.45) is 1.97. The van der Waals surface area contributed by atoms with Gasteiger partial charge in [0, 0.05) is 30.5 Å². The van der Waals surface area contributed by atoms with Gasteiger partial charge in [0.05, 0.1) is 13.2 Å². The lowest BCUT2D eigenvalue weighted by Gasteiger charge is -2.32. The van der Waals surface area contributed by atoms with Crippen LogP contribution in [0, 0.1) is 0 Å². The summed E-state index contributed by atoms with van der Waals surface area (Å²) in [7, 11) is 0. The number of nitrogens with zero attached hydrogens (tertiary/aromatic N) is 1. The van der Waals surface area contributed by atoms with Gasteiger partial charge in [0.1, 0.15) is 6.04 Å². The van der Waals surface area contributed by atoms with Crippen molar-refractivity contribution in [2.45, 2.75) is 72.0 Å². The van der Waals surface area contributed by atoms with Crippen molar-refractivity contribution < 1.29 is 19.1 Å². The summed E-state index contributed by atoms with van der Waals surface area (Å²) in [5.74, 6) is 1.11. The molecule has 2 atom stereocenters. The van der Waals surface area contributed by atoms with Crippen LogP contribution in [0.5, 0.6) is 11.5 Å². The van der Waals surface area contributed by atoms with Crippen LogP contribution in [0.25, 0.3) is 0 Å². The van der Waals surface area contributed by atoms with Gasteiger partial charge in [-0.2, -0.15) is 0 Å². The standard InChI is InChI=1S/C33H41ClN2O4/c1-5-24(4)35-33(38)29(21-25-11-9-8-10-12-25)36(23-27-13-17-28(34)18-14-27)32(37)20-16-26-15-19-30(39-6-2)31(22-26)40-7-3/h8-15,17-19,22,24,29H,5-7,16,20-21,23H2,1-4H3,(H,35,38)/t24-,29+/m1/s1. The minimum atomic E-state index is -0.668. The number of aryl methyl sites for hydroxylation is 1. The van der Waals surface area contributed by atoms with Gasteiger partial charge in [-0.05, 0) is 74.6 Å². The molecule has 40 heavy (non-hydrogen) atoms. The molecular weight excluding hydrogens is 524 g/mol. The van der Waals surface area contributed by atoms with E-state index in [0.29, 0.717) is 49.1 Å². The van der Waals surface area contributed by atoms with Crippen molar-refractivity contribution in [1.29, 1.82) is 0 Å². The average Bonchev–Trinajstić information content (AvgIpc) is 2.96. The maximum atomic E-state index is 13.9. The third-order valence-corrected chi connectivity index (χ3v) is 7.03. The molecule has 1 N–H and O–H groups in total. The summed E-state index contributed by atoms with van der Waals surface area (Å²) in [5, 5.41) is 3.73. The van der Waals surface area contributed by atoms with Crippen LogP contribution in [0.15, 0.2) is 72.8 Å². The molecule has 0 saturated heterocycles. The van der Waals surface area contributed by atoms with Crippen LogP contribution in [0.3, 0.4) is 0 Å². The topological polar surface area (TPSA) is 67.9 Å². The fourth-order valence-electron chi connectivity index (χ4n) is 4.43. The maximum absolute atomic E-state index is 13.9.